The summed E-state index contributed by atoms with van der Waals surface area (Å²) in [5.74, 6) is 0. The molecule has 0 fully saturated rings. The van der Waals surface area contributed by atoms with Crippen molar-refractivity contribution in [2.24, 2.45) is 0 Å². The fourth-order valence-electron chi connectivity index (χ4n) is 1.12. The number of carbonyl (C=O) groups is 1. The number of ether oxygens (including phenoxy) is 1. The maximum atomic E-state index is 11.7. The molecule has 0 N–H and O–H groups in total. The van der Waals surface area contributed by atoms with Crippen LogP contribution in [0.15, 0.2) is 6.20 Å². The van der Waals surface area contributed by atoms with E-state index in [-0.39, 0.29) is 6.09 Å². The second-order valence-corrected chi connectivity index (χ2v) is 6.00. The fourth-order valence-corrected chi connectivity index (χ4v) is 1.97. The first-order chi connectivity index (χ1) is 7.28. The van der Waals surface area contributed by atoms with Crippen LogP contribution in [-0.4, -0.2) is 28.6 Å². The van der Waals surface area contributed by atoms with Crippen molar-refractivity contribution in [2.75, 3.05) is 7.05 Å². The molecule has 16 heavy (non-hydrogen) atoms. The molecule has 5 heteroatoms. The third kappa shape index (κ3) is 4.18. The number of thiazole rings is 1. The lowest BCUT2D eigenvalue weighted by Crippen LogP contribution is -2.33. The van der Waals surface area contributed by atoms with Gasteiger partial charge in [-0.2, -0.15) is 0 Å². The van der Waals surface area contributed by atoms with Crippen LogP contribution in [0.25, 0.3) is 0 Å². The number of aromatic nitrogens is 1. The van der Waals surface area contributed by atoms with Gasteiger partial charge in [0, 0.05) is 18.1 Å². The van der Waals surface area contributed by atoms with Gasteiger partial charge >= 0.3 is 6.09 Å². The molecule has 0 radical (unpaired) electrons. The molecule has 4 nitrogen and oxygen atoms in total. The second kappa shape index (κ2) is 4.82. The van der Waals surface area contributed by atoms with E-state index in [4.69, 9.17) is 4.74 Å². The molecule has 0 atom stereocenters. The first kappa shape index (κ1) is 13.0. The van der Waals surface area contributed by atoms with Crippen molar-refractivity contribution >= 4 is 17.4 Å². The Balaban J connectivity index is 2.52. The topological polar surface area (TPSA) is 42.4 Å². The Kier molecular flexibility index (Phi) is 3.91. The molecule has 90 valence electrons. The van der Waals surface area contributed by atoms with Crippen molar-refractivity contribution in [3.63, 3.8) is 0 Å². The minimum atomic E-state index is -0.449. The Labute approximate surface area is 100 Å². The van der Waals surface area contributed by atoms with E-state index in [1.54, 1.807) is 29.5 Å². The van der Waals surface area contributed by atoms with E-state index in [1.165, 1.54) is 0 Å². The fraction of sp³-hybridized carbons (Fsp3) is 0.636. The standard InChI is InChI=1S/C11H18N2O2S/c1-8-12-6-9(16-8)7-13(5)10(14)15-11(2,3)4/h6H,7H2,1-5H3. The van der Waals surface area contributed by atoms with E-state index in [0.717, 1.165) is 9.88 Å². The SMILES string of the molecule is Cc1ncc(CN(C)C(=O)OC(C)(C)C)s1. The first-order valence-corrected chi connectivity index (χ1v) is 5.95. The van der Waals surface area contributed by atoms with Crippen molar-refractivity contribution < 1.29 is 9.53 Å². The lowest BCUT2D eigenvalue weighted by atomic mass is 10.2. The summed E-state index contributed by atoms with van der Waals surface area (Å²) in [5.41, 5.74) is -0.449. The van der Waals surface area contributed by atoms with E-state index >= 15 is 0 Å². The highest BCUT2D eigenvalue weighted by atomic mass is 32.1. The van der Waals surface area contributed by atoms with Gasteiger partial charge in [0.1, 0.15) is 5.60 Å². The minimum absolute atomic E-state index is 0.307. The van der Waals surface area contributed by atoms with Gasteiger partial charge in [0.25, 0.3) is 0 Å². The van der Waals surface area contributed by atoms with Crippen molar-refractivity contribution in [1.82, 2.24) is 9.88 Å². The molecule has 1 aromatic heterocycles. The van der Waals surface area contributed by atoms with E-state index in [1.807, 2.05) is 27.7 Å². The van der Waals surface area contributed by atoms with Gasteiger partial charge in [-0.15, -0.1) is 11.3 Å². The van der Waals surface area contributed by atoms with Gasteiger partial charge in [0.2, 0.25) is 0 Å². The van der Waals surface area contributed by atoms with Gasteiger partial charge in [-0.25, -0.2) is 9.78 Å². The maximum Gasteiger partial charge on any atom is 0.410 e. The maximum absolute atomic E-state index is 11.7. The predicted molar refractivity (Wildman–Crippen MR) is 64.6 cm³/mol. The summed E-state index contributed by atoms with van der Waals surface area (Å²) in [6, 6.07) is 0. The van der Waals surface area contributed by atoms with Gasteiger partial charge in [0.15, 0.2) is 0 Å². The molecule has 1 amide bonds. The number of amides is 1. The van der Waals surface area contributed by atoms with Crippen LogP contribution in [0.3, 0.4) is 0 Å². The molecule has 1 rings (SSSR count). The summed E-state index contributed by atoms with van der Waals surface area (Å²) >= 11 is 1.59. The number of nitrogens with zero attached hydrogens (tertiary/aromatic N) is 2. The normalized spacial score (nSPS) is 11.3. The van der Waals surface area contributed by atoms with Gasteiger partial charge < -0.3 is 9.64 Å². The predicted octanol–water partition coefficient (Wildman–Crippen LogP) is 2.82. The molecule has 1 aromatic rings. The van der Waals surface area contributed by atoms with Crippen LogP contribution in [0.1, 0.15) is 30.7 Å². The molecule has 0 aliphatic carbocycles. The van der Waals surface area contributed by atoms with E-state index in [2.05, 4.69) is 4.98 Å². The summed E-state index contributed by atoms with van der Waals surface area (Å²) in [7, 11) is 1.73. The summed E-state index contributed by atoms with van der Waals surface area (Å²) in [5, 5.41) is 1.01. The highest BCUT2D eigenvalue weighted by Crippen LogP contribution is 2.15. The van der Waals surface area contributed by atoms with E-state index in [0.29, 0.717) is 6.54 Å². The van der Waals surface area contributed by atoms with Crippen molar-refractivity contribution in [3.8, 4) is 0 Å². The Morgan fingerprint density at radius 3 is 2.62 bits per heavy atom. The molecular formula is C11H18N2O2S. The van der Waals surface area contributed by atoms with Crippen LogP contribution in [0, 0.1) is 6.92 Å². The summed E-state index contributed by atoms with van der Waals surface area (Å²) in [4.78, 5) is 18.4. The lowest BCUT2D eigenvalue weighted by molar-refractivity contribution is 0.0286. The zero-order valence-electron chi connectivity index (χ0n) is 10.4. The zero-order chi connectivity index (χ0) is 12.3. The number of carbonyl (C=O) groups excluding carboxylic acids is 1. The Hall–Kier alpha value is -1.10. The van der Waals surface area contributed by atoms with Crippen LogP contribution in [-0.2, 0) is 11.3 Å². The smallest absolute Gasteiger partial charge is 0.410 e. The molecule has 0 aromatic carbocycles. The molecule has 0 spiro atoms. The first-order valence-electron chi connectivity index (χ1n) is 5.13. The van der Waals surface area contributed by atoms with E-state index in [9.17, 15) is 4.79 Å². The third-order valence-corrected chi connectivity index (χ3v) is 2.66. The van der Waals surface area contributed by atoms with E-state index < -0.39 is 5.60 Å². The largest absolute Gasteiger partial charge is 0.444 e. The molecule has 0 unspecified atom stereocenters. The molecule has 0 saturated heterocycles. The molecule has 0 bridgehead atoms. The van der Waals surface area contributed by atoms with Gasteiger partial charge in [-0.1, -0.05) is 0 Å². The number of rotatable bonds is 2. The highest BCUT2D eigenvalue weighted by molar-refractivity contribution is 7.11. The van der Waals surface area contributed by atoms with Gasteiger partial charge in [0.05, 0.1) is 11.6 Å². The van der Waals surface area contributed by atoms with Crippen LogP contribution in [0.2, 0.25) is 0 Å². The number of hydrogen-bond donors (Lipinski definition) is 0. The quantitative estimate of drug-likeness (QED) is 0.801. The zero-order valence-corrected chi connectivity index (χ0v) is 11.2. The second-order valence-electron chi connectivity index (χ2n) is 4.68. The average Bonchev–Trinajstić information content (AvgIpc) is 2.48. The van der Waals surface area contributed by atoms with Crippen molar-refractivity contribution in [1.29, 1.82) is 0 Å². The summed E-state index contributed by atoms with van der Waals surface area (Å²) < 4.78 is 5.25. The van der Waals surface area contributed by atoms with Crippen molar-refractivity contribution in [3.05, 3.63) is 16.1 Å². The highest BCUT2D eigenvalue weighted by Gasteiger charge is 2.19. The monoisotopic (exact) mass is 242 g/mol. The van der Waals surface area contributed by atoms with Crippen LogP contribution >= 0.6 is 11.3 Å². The van der Waals surface area contributed by atoms with Gasteiger partial charge in [-0.05, 0) is 27.7 Å². The minimum Gasteiger partial charge on any atom is -0.444 e. The van der Waals surface area contributed by atoms with Crippen LogP contribution in [0.5, 0.6) is 0 Å². The number of aryl methyl sites for hydroxylation is 1. The Morgan fingerprint density at radius 1 is 1.56 bits per heavy atom. The Bertz CT molecular complexity index is 368. The molecule has 1 heterocycles. The molecule has 0 aliphatic heterocycles. The number of hydrogen-bond acceptors (Lipinski definition) is 4. The molecular weight excluding hydrogens is 224 g/mol. The lowest BCUT2D eigenvalue weighted by Gasteiger charge is -2.24. The molecule has 0 aliphatic rings. The molecule has 0 saturated carbocycles. The summed E-state index contributed by atoms with van der Waals surface area (Å²) in [6.45, 7) is 8.06. The van der Waals surface area contributed by atoms with Crippen molar-refractivity contribution in [2.45, 2.75) is 39.8 Å². The Morgan fingerprint density at radius 2 is 2.19 bits per heavy atom. The summed E-state index contributed by atoms with van der Waals surface area (Å²) in [6.07, 6.45) is 1.49. The van der Waals surface area contributed by atoms with Crippen LogP contribution in [0.4, 0.5) is 4.79 Å². The third-order valence-electron chi connectivity index (χ3n) is 1.77. The van der Waals surface area contributed by atoms with Crippen LogP contribution < -0.4 is 0 Å². The van der Waals surface area contributed by atoms with Gasteiger partial charge in [-0.3, -0.25) is 0 Å². The average molecular weight is 242 g/mol.